The van der Waals surface area contributed by atoms with Gasteiger partial charge in [0, 0.05) is 20.0 Å². The zero-order valence-corrected chi connectivity index (χ0v) is 9.21. The number of carboxylic acids is 1. The van der Waals surface area contributed by atoms with Crippen molar-refractivity contribution in [1.82, 2.24) is 10.6 Å². The number of hydrogen-bond donors (Lipinski definition) is 3. The van der Waals surface area contributed by atoms with Gasteiger partial charge < -0.3 is 15.7 Å². The first-order valence-corrected chi connectivity index (χ1v) is 5.34. The molecule has 5 heteroatoms. The summed E-state index contributed by atoms with van der Waals surface area (Å²) in [7, 11) is 1.58. The van der Waals surface area contributed by atoms with Gasteiger partial charge in [-0.05, 0) is 12.8 Å². The third kappa shape index (κ3) is 10.7. The second-order valence-electron chi connectivity index (χ2n) is 3.42. The third-order valence-corrected chi connectivity index (χ3v) is 2.08. The van der Waals surface area contributed by atoms with E-state index in [-0.39, 0.29) is 12.5 Å². The van der Waals surface area contributed by atoms with E-state index in [9.17, 15) is 9.59 Å². The first-order chi connectivity index (χ1) is 7.16. The molecule has 0 spiro atoms. The normalized spacial score (nSPS) is 9.67. The lowest BCUT2D eigenvalue weighted by Gasteiger charge is -2.03. The highest BCUT2D eigenvalue weighted by Crippen LogP contribution is 2.04. The molecule has 0 unspecified atom stereocenters. The largest absolute Gasteiger partial charge is 0.481 e. The highest BCUT2D eigenvalue weighted by Gasteiger charge is 1.97. The van der Waals surface area contributed by atoms with E-state index in [4.69, 9.17) is 5.11 Å². The summed E-state index contributed by atoms with van der Waals surface area (Å²) in [6.45, 7) is 0.679. The summed E-state index contributed by atoms with van der Waals surface area (Å²) in [6, 6.07) is -0.152. The van der Waals surface area contributed by atoms with Crippen molar-refractivity contribution in [3.63, 3.8) is 0 Å². The molecule has 0 fully saturated rings. The summed E-state index contributed by atoms with van der Waals surface area (Å²) in [5, 5.41) is 13.6. The molecule has 0 rings (SSSR count). The summed E-state index contributed by atoms with van der Waals surface area (Å²) in [4.78, 5) is 20.9. The third-order valence-electron chi connectivity index (χ3n) is 2.08. The van der Waals surface area contributed by atoms with Crippen molar-refractivity contribution in [2.45, 2.75) is 38.5 Å². The van der Waals surface area contributed by atoms with E-state index in [1.807, 2.05) is 0 Å². The van der Waals surface area contributed by atoms with Gasteiger partial charge in [-0.1, -0.05) is 19.3 Å². The molecule has 0 aromatic heterocycles. The number of rotatable bonds is 8. The number of urea groups is 1. The Morgan fingerprint density at radius 1 is 1.07 bits per heavy atom. The summed E-state index contributed by atoms with van der Waals surface area (Å²) < 4.78 is 0. The van der Waals surface area contributed by atoms with Gasteiger partial charge in [0.1, 0.15) is 0 Å². The minimum Gasteiger partial charge on any atom is -0.481 e. The molecule has 0 bridgehead atoms. The Hall–Kier alpha value is -1.26. The zero-order chi connectivity index (χ0) is 11.5. The molecule has 5 nitrogen and oxygen atoms in total. The molecular weight excluding hydrogens is 196 g/mol. The maximum Gasteiger partial charge on any atom is 0.314 e. The van der Waals surface area contributed by atoms with Crippen molar-refractivity contribution in [3.05, 3.63) is 0 Å². The van der Waals surface area contributed by atoms with Crippen molar-refractivity contribution >= 4 is 12.0 Å². The number of nitrogens with one attached hydrogen (secondary N) is 2. The Bertz CT molecular complexity index is 195. The lowest BCUT2D eigenvalue weighted by Crippen LogP contribution is -2.33. The minimum atomic E-state index is -0.726. The molecule has 0 aliphatic heterocycles. The Morgan fingerprint density at radius 3 is 2.27 bits per heavy atom. The molecule has 0 aromatic rings. The molecule has 0 aliphatic carbocycles. The Kier molecular flexibility index (Phi) is 8.52. The number of unbranched alkanes of at least 4 members (excludes halogenated alkanes) is 4. The van der Waals surface area contributed by atoms with E-state index in [1.165, 1.54) is 0 Å². The maximum absolute atomic E-state index is 10.7. The van der Waals surface area contributed by atoms with Crippen LogP contribution in [0, 0.1) is 0 Å². The molecule has 0 radical (unpaired) electrons. The second kappa shape index (κ2) is 9.30. The molecule has 2 amide bonds. The van der Waals surface area contributed by atoms with Crippen LogP contribution in [0.5, 0.6) is 0 Å². The number of carbonyl (C=O) groups excluding carboxylic acids is 1. The lowest BCUT2D eigenvalue weighted by atomic mass is 10.1. The van der Waals surface area contributed by atoms with Gasteiger partial charge in [0.15, 0.2) is 0 Å². The summed E-state index contributed by atoms with van der Waals surface area (Å²) in [5.41, 5.74) is 0. The summed E-state index contributed by atoms with van der Waals surface area (Å²) >= 11 is 0. The van der Waals surface area contributed by atoms with Gasteiger partial charge >= 0.3 is 12.0 Å². The van der Waals surface area contributed by atoms with Crippen molar-refractivity contribution < 1.29 is 14.7 Å². The second-order valence-corrected chi connectivity index (χ2v) is 3.42. The van der Waals surface area contributed by atoms with Crippen LogP contribution in [0.3, 0.4) is 0 Å². The van der Waals surface area contributed by atoms with Crippen molar-refractivity contribution in [2.24, 2.45) is 0 Å². The van der Waals surface area contributed by atoms with Crippen LogP contribution in [0.2, 0.25) is 0 Å². The molecule has 15 heavy (non-hydrogen) atoms. The fourth-order valence-electron chi connectivity index (χ4n) is 1.22. The maximum atomic E-state index is 10.7. The Labute approximate surface area is 90.2 Å². The van der Waals surface area contributed by atoms with E-state index >= 15 is 0 Å². The number of amides is 2. The van der Waals surface area contributed by atoms with Gasteiger partial charge in [-0.15, -0.1) is 0 Å². The predicted octanol–water partition coefficient (Wildman–Crippen LogP) is 1.34. The van der Waals surface area contributed by atoms with E-state index in [1.54, 1.807) is 7.05 Å². The van der Waals surface area contributed by atoms with E-state index in [0.717, 1.165) is 32.1 Å². The van der Waals surface area contributed by atoms with Crippen LogP contribution in [0.15, 0.2) is 0 Å². The Balaban J connectivity index is 3.05. The van der Waals surface area contributed by atoms with E-state index in [2.05, 4.69) is 10.6 Å². The van der Waals surface area contributed by atoms with Crippen molar-refractivity contribution in [3.8, 4) is 0 Å². The van der Waals surface area contributed by atoms with Crippen LogP contribution in [0.1, 0.15) is 38.5 Å². The zero-order valence-electron chi connectivity index (χ0n) is 9.21. The molecule has 0 saturated carbocycles. The van der Waals surface area contributed by atoms with Crippen molar-refractivity contribution in [1.29, 1.82) is 0 Å². The highest BCUT2D eigenvalue weighted by molar-refractivity contribution is 5.73. The number of carboxylic acid groups (broad SMARTS) is 1. The molecule has 0 heterocycles. The average molecular weight is 216 g/mol. The van der Waals surface area contributed by atoms with Crippen LogP contribution in [0.4, 0.5) is 4.79 Å². The van der Waals surface area contributed by atoms with E-state index < -0.39 is 5.97 Å². The fourth-order valence-corrected chi connectivity index (χ4v) is 1.22. The predicted molar refractivity (Wildman–Crippen MR) is 57.8 cm³/mol. The standard InChI is InChI=1S/C10H20N2O3/c1-11-10(15)12-8-6-4-2-3-5-7-9(13)14/h2-8H2,1H3,(H,13,14)(H2,11,12,15). The van der Waals surface area contributed by atoms with Gasteiger partial charge in [0.25, 0.3) is 0 Å². The lowest BCUT2D eigenvalue weighted by molar-refractivity contribution is -0.137. The fraction of sp³-hybridized carbons (Fsp3) is 0.800. The minimum absolute atomic E-state index is 0.152. The average Bonchev–Trinajstić information content (AvgIpc) is 2.21. The smallest absolute Gasteiger partial charge is 0.314 e. The van der Waals surface area contributed by atoms with Gasteiger partial charge in [0.05, 0.1) is 0 Å². The van der Waals surface area contributed by atoms with Crippen LogP contribution in [0.25, 0.3) is 0 Å². The van der Waals surface area contributed by atoms with Crippen molar-refractivity contribution in [2.75, 3.05) is 13.6 Å². The molecule has 88 valence electrons. The first-order valence-electron chi connectivity index (χ1n) is 5.34. The van der Waals surface area contributed by atoms with Crippen LogP contribution in [-0.2, 0) is 4.79 Å². The van der Waals surface area contributed by atoms with Gasteiger partial charge in [-0.3, -0.25) is 4.79 Å². The van der Waals surface area contributed by atoms with Gasteiger partial charge in [0.2, 0.25) is 0 Å². The SMILES string of the molecule is CNC(=O)NCCCCCCCC(=O)O. The first kappa shape index (κ1) is 13.7. The molecule has 0 aromatic carbocycles. The number of aliphatic carboxylic acids is 1. The molecular formula is C10H20N2O3. The Morgan fingerprint density at radius 2 is 1.67 bits per heavy atom. The van der Waals surface area contributed by atoms with Gasteiger partial charge in [-0.2, -0.15) is 0 Å². The summed E-state index contributed by atoms with van der Waals surface area (Å²) in [5.74, 6) is -0.726. The van der Waals surface area contributed by atoms with Crippen LogP contribution >= 0.6 is 0 Å². The van der Waals surface area contributed by atoms with Crippen LogP contribution in [-0.4, -0.2) is 30.7 Å². The van der Waals surface area contributed by atoms with E-state index in [0.29, 0.717) is 6.54 Å². The number of carbonyl (C=O) groups is 2. The topological polar surface area (TPSA) is 78.4 Å². The molecule has 0 aliphatic rings. The van der Waals surface area contributed by atoms with Crippen LogP contribution < -0.4 is 10.6 Å². The quantitative estimate of drug-likeness (QED) is 0.536. The van der Waals surface area contributed by atoms with Gasteiger partial charge in [-0.25, -0.2) is 4.79 Å². The molecule has 0 saturated heterocycles. The molecule has 3 N–H and O–H groups in total. The summed E-state index contributed by atoms with van der Waals surface area (Å²) in [6.07, 6.45) is 4.97. The molecule has 0 atom stereocenters. The highest BCUT2D eigenvalue weighted by atomic mass is 16.4. The number of hydrogen-bond acceptors (Lipinski definition) is 2. The monoisotopic (exact) mass is 216 g/mol.